The molecule has 0 aliphatic carbocycles. The average Bonchev–Trinajstić information content (AvgIpc) is 2.83. The largest absolute Gasteiger partial charge is 0.384 e. The molecule has 0 fully saturated rings. The van der Waals surface area contributed by atoms with E-state index in [1.165, 1.54) is 0 Å². The Labute approximate surface area is 98.0 Å². The molecule has 5 heteroatoms. The van der Waals surface area contributed by atoms with Crippen molar-refractivity contribution in [2.24, 2.45) is 0 Å². The van der Waals surface area contributed by atoms with Gasteiger partial charge >= 0.3 is 0 Å². The maximum absolute atomic E-state index is 9.01. The minimum absolute atomic E-state index is 0.533. The monoisotopic (exact) mass is 232 g/mol. The molecule has 2 aromatic heterocycles. The molecular formula is C11H12N4S. The van der Waals surface area contributed by atoms with Crippen LogP contribution in [0.2, 0.25) is 0 Å². The fourth-order valence-electron chi connectivity index (χ4n) is 1.71. The van der Waals surface area contributed by atoms with Crippen LogP contribution in [0, 0.1) is 25.2 Å². The Hall–Kier alpha value is -1.80. The van der Waals surface area contributed by atoms with Crippen LogP contribution in [-0.2, 0) is 6.54 Å². The molecule has 0 spiro atoms. The van der Waals surface area contributed by atoms with Crippen LogP contribution in [0.3, 0.4) is 0 Å². The smallest absolute Gasteiger partial charge is 0.122 e. The van der Waals surface area contributed by atoms with Crippen molar-refractivity contribution in [3.05, 3.63) is 33.4 Å². The molecule has 2 heterocycles. The number of thiazole rings is 1. The number of hydrogen-bond acceptors (Lipinski definition) is 4. The highest BCUT2D eigenvalue weighted by Gasteiger charge is 2.15. The van der Waals surface area contributed by atoms with Crippen molar-refractivity contribution in [2.45, 2.75) is 20.4 Å². The van der Waals surface area contributed by atoms with E-state index < -0.39 is 0 Å². The predicted octanol–water partition coefficient (Wildman–Crippen LogP) is 2.06. The molecule has 2 rings (SSSR count). The summed E-state index contributed by atoms with van der Waals surface area (Å²) >= 11 is 1.56. The molecule has 0 atom stereocenters. The highest BCUT2D eigenvalue weighted by molar-refractivity contribution is 7.07. The Kier molecular flexibility index (Phi) is 2.67. The lowest BCUT2D eigenvalue weighted by Gasteiger charge is -2.06. The number of hydrogen-bond donors (Lipinski definition) is 1. The second-order valence-electron chi connectivity index (χ2n) is 3.65. The maximum Gasteiger partial charge on any atom is 0.122 e. The summed E-state index contributed by atoms with van der Waals surface area (Å²) in [4.78, 5) is 4.22. The lowest BCUT2D eigenvalue weighted by atomic mass is 10.2. The zero-order chi connectivity index (χ0) is 11.7. The van der Waals surface area contributed by atoms with Crippen molar-refractivity contribution < 1.29 is 0 Å². The first-order valence-electron chi connectivity index (χ1n) is 4.87. The van der Waals surface area contributed by atoms with Gasteiger partial charge in [0.05, 0.1) is 23.3 Å². The summed E-state index contributed by atoms with van der Waals surface area (Å²) in [6.07, 6.45) is 0. The minimum atomic E-state index is 0.533. The van der Waals surface area contributed by atoms with Crippen molar-refractivity contribution >= 4 is 17.2 Å². The predicted molar refractivity (Wildman–Crippen MR) is 64.2 cm³/mol. The third-order valence-electron chi connectivity index (χ3n) is 2.78. The van der Waals surface area contributed by atoms with Crippen LogP contribution in [0.25, 0.3) is 0 Å². The third kappa shape index (κ3) is 1.57. The van der Waals surface area contributed by atoms with Gasteiger partial charge in [-0.25, -0.2) is 4.98 Å². The van der Waals surface area contributed by atoms with Gasteiger partial charge in [-0.15, -0.1) is 11.3 Å². The molecule has 0 aromatic carbocycles. The highest BCUT2D eigenvalue weighted by Crippen LogP contribution is 2.24. The van der Waals surface area contributed by atoms with Gasteiger partial charge in [0.25, 0.3) is 0 Å². The SMILES string of the molecule is Cc1c(C#N)c(N)n(Cc2cscn2)c1C. The molecule has 0 bridgehead atoms. The van der Waals surface area contributed by atoms with Crippen LogP contribution >= 0.6 is 11.3 Å². The highest BCUT2D eigenvalue weighted by atomic mass is 32.1. The summed E-state index contributed by atoms with van der Waals surface area (Å²) in [6.45, 7) is 4.52. The number of anilines is 1. The molecule has 2 N–H and O–H groups in total. The molecule has 4 nitrogen and oxygen atoms in total. The zero-order valence-electron chi connectivity index (χ0n) is 9.19. The van der Waals surface area contributed by atoms with Crippen LogP contribution in [0.1, 0.15) is 22.5 Å². The van der Waals surface area contributed by atoms with Crippen LogP contribution in [-0.4, -0.2) is 9.55 Å². The van der Waals surface area contributed by atoms with E-state index >= 15 is 0 Å². The second kappa shape index (κ2) is 3.99. The first kappa shape index (κ1) is 10.7. The van der Waals surface area contributed by atoms with Crippen LogP contribution in [0.15, 0.2) is 10.9 Å². The normalized spacial score (nSPS) is 10.3. The molecule has 0 radical (unpaired) electrons. The lowest BCUT2D eigenvalue weighted by molar-refractivity contribution is 0.767. The number of aromatic nitrogens is 2. The van der Waals surface area contributed by atoms with E-state index in [9.17, 15) is 0 Å². The average molecular weight is 232 g/mol. The molecule has 82 valence electrons. The first-order chi connectivity index (χ1) is 7.65. The van der Waals surface area contributed by atoms with E-state index in [1.54, 1.807) is 16.8 Å². The summed E-state index contributed by atoms with van der Waals surface area (Å²) in [5, 5.41) is 11.0. The number of rotatable bonds is 2. The molecule has 0 saturated heterocycles. The lowest BCUT2D eigenvalue weighted by Crippen LogP contribution is -2.06. The van der Waals surface area contributed by atoms with Gasteiger partial charge in [0.15, 0.2) is 0 Å². The number of nitrogen functional groups attached to an aromatic ring is 1. The molecular weight excluding hydrogens is 220 g/mol. The van der Waals surface area contributed by atoms with Crippen LogP contribution in [0.5, 0.6) is 0 Å². The molecule has 0 aliphatic heterocycles. The Morgan fingerprint density at radius 2 is 2.31 bits per heavy atom. The third-order valence-corrected chi connectivity index (χ3v) is 3.42. The van der Waals surface area contributed by atoms with E-state index in [-0.39, 0.29) is 0 Å². The fraction of sp³-hybridized carbons (Fsp3) is 0.273. The van der Waals surface area contributed by atoms with Gasteiger partial charge in [-0.2, -0.15) is 5.26 Å². The van der Waals surface area contributed by atoms with Gasteiger partial charge < -0.3 is 10.3 Å². The number of nitriles is 1. The molecule has 0 unspecified atom stereocenters. The van der Waals surface area contributed by atoms with E-state index in [2.05, 4.69) is 11.1 Å². The fourth-order valence-corrected chi connectivity index (χ4v) is 2.26. The van der Waals surface area contributed by atoms with Crippen molar-refractivity contribution in [3.8, 4) is 6.07 Å². The summed E-state index contributed by atoms with van der Waals surface area (Å²) in [6, 6.07) is 2.14. The van der Waals surface area contributed by atoms with Gasteiger partial charge in [0, 0.05) is 11.1 Å². The summed E-state index contributed by atoms with van der Waals surface area (Å²) < 4.78 is 1.93. The van der Waals surface area contributed by atoms with E-state index in [0.717, 1.165) is 17.0 Å². The Morgan fingerprint density at radius 1 is 1.56 bits per heavy atom. The topological polar surface area (TPSA) is 67.6 Å². The number of nitrogens with two attached hydrogens (primary N) is 1. The maximum atomic E-state index is 9.01. The summed E-state index contributed by atoms with van der Waals surface area (Å²) in [5.74, 6) is 0.533. The standard InChI is InChI=1S/C11H12N4S/c1-7-8(2)15(11(13)10(7)3-12)4-9-5-16-6-14-9/h5-6H,4,13H2,1-2H3. The summed E-state index contributed by atoms with van der Waals surface area (Å²) in [7, 11) is 0. The van der Waals surface area contributed by atoms with Gasteiger partial charge in [0.1, 0.15) is 11.9 Å². The van der Waals surface area contributed by atoms with E-state index in [1.807, 2.05) is 23.8 Å². The second-order valence-corrected chi connectivity index (χ2v) is 4.37. The van der Waals surface area contributed by atoms with Gasteiger partial charge in [0.2, 0.25) is 0 Å². The molecule has 2 aromatic rings. The minimum Gasteiger partial charge on any atom is -0.384 e. The molecule has 0 amide bonds. The van der Waals surface area contributed by atoms with Gasteiger partial charge in [-0.3, -0.25) is 0 Å². The van der Waals surface area contributed by atoms with Crippen molar-refractivity contribution in [1.82, 2.24) is 9.55 Å². The first-order valence-corrected chi connectivity index (χ1v) is 5.81. The molecule has 0 saturated carbocycles. The van der Waals surface area contributed by atoms with E-state index in [4.69, 9.17) is 11.0 Å². The van der Waals surface area contributed by atoms with E-state index in [0.29, 0.717) is 17.9 Å². The van der Waals surface area contributed by atoms with Gasteiger partial charge in [-0.05, 0) is 19.4 Å². The van der Waals surface area contributed by atoms with Crippen LogP contribution in [0.4, 0.5) is 5.82 Å². The Balaban J connectivity index is 2.46. The van der Waals surface area contributed by atoms with Gasteiger partial charge in [-0.1, -0.05) is 0 Å². The van der Waals surface area contributed by atoms with Crippen LogP contribution < -0.4 is 5.73 Å². The quantitative estimate of drug-likeness (QED) is 0.861. The van der Waals surface area contributed by atoms with Crippen molar-refractivity contribution in [1.29, 1.82) is 5.26 Å². The molecule has 0 aliphatic rings. The zero-order valence-corrected chi connectivity index (χ0v) is 10.0. The Morgan fingerprint density at radius 3 is 2.81 bits per heavy atom. The van der Waals surface area contributed by atoms with Crippen molar-refractivity contribution in [2.75, 3.05) is 5.73 Å². The summed E-state index contributed by atoms with van der Waals surface area (Å²) in [5.41, 5.74) is 11.3. The number of nitrogens with zero attached hydrogens (tertiary/aromatic N) is 3. The Bertz CT molecular complexity index is 546. The van der Waals surface area contributed by atoms with Crippen molar-refractivity contribution in [3.63, 3.8) is 0 Å². The molecule has 16 heavy (non-hydrogen) atoms.